The lowest BCUT2D eigenvalue weighted by molar-refractivity contribution is -0.116. The van der Waals surface area contributed by atoms with Gasteiger partial charge in [-0.05, 0) is 12.1 Å². The van der Waals surface area contributed by atoms with Crippen molar-refractivity contribution in [1.82, 2.24) is 9.55 Å². The summed E-state index contributed by atoms with van der Waals surface area (Å²) >= 11 is 0. The van der Waals surface area contributed by atoms with E-state index in [0.29, 0.717) is 5.52 Å². The number of rotatable bonds is 8. The number of carbonyl (C=O) groups is 2. The third-order valence-electron chi connectivity index (χ3n) is 4.67. The van der Waals surface area contributed by atoms with Crippen molar-refractivity contribution in [2.75, 3.05) is 19.5 Å². The number of hydrogen-bond donors (Lipinski definition) is 2. The molecule has 174 valence electrons. The molecule has 0 saturated heterocycles. The number of esters is 1. The zero-order valence-corrected chi connectivity index (χ0v) is 17.5. The predicted octanol–water partition coefficient (Wildman–Crippen LogP) is 2.12. The molecule has 33 heavy (non-hydrogen) atoms. The Morgan fingerprint density at radius 3 is 2.52 bits per heavy atom. The number of nitrogens with one attached hydrogen (secondary N) is 2. The number of amides is 1. The van der Waals surface area contributed by atoms with E-state index in [1.807, 2.05) is 0 Å². The van der Waals surface area contributed by atoms with Gasteiger partial charge in [0, 0.05) is 25.1 Å². The molecule has 0 bridgehead atoms. The molecule has 2 aromatic carbocycles. The largest absolute Gasteiger partial charge is 0.493 e. The van der Waals surface area contributed by atoms with Crippen LogP contribution in [-0.4, -0.2) is 42.3 Å². The van der Waals surface area contributed by atoms with E-state index in [1.54, 1.807) is 18.2 Å². The fraction of sp³-hybridized carbons (Fsp3) is 0.238. The molecule has 3 rings (SSSR count). The summed E-state index contributed by atoms with van der Waals surface area (Å²) in [5, 5.41) is 2.70. The van der Waals surface area contributed by atoms with Gasteiger partial charge in [0.25, 0.3) is 5.56 Å². The van der Waals surface area contributed by atoms with Crippen LogP contribution in [0.1, 0.15) is 16.8 Å². The summed E-state index contributed by atoms with van der Waals surface area (Å²) in [6.45, 7) is -3.28. The third kappa shape index (κ3) is 5.17. The molecule has 0 aliphatic carbocycles. The molecule has 1 heterocycles. The maximum Gasteiger partial charge on any atom is 0.387 e. The van der Waals surface area contributed by atoms with Crippen LogP contribution < -0.4 is 26.0 Å². The molecule has 0 aliphatic heterocycles. The summed E-state index contributed by atoms with van der Waals surface area (Å²) in [5.41, 5.74) is -1.22. The summed E-state index contributed by atoms with van der Waals surface area (Å²) in [7, 11) is 2.30. The van der Waals surface area contributed by atoms with Gasteiger partial charge < -0.3 is 19.5 Å². The summed E-state index contributed by atoms with van der Waals surface area (Å²) in [6.07, 6.45) is -0.242. The monoisotopic (exact) mass is 463 g/mol. The van der Waals surface area contributed by atoms with Crippen LogP contribution in [0.15, 0.2) is 46.0 Å². The Hall–Kier alpha value is -4.22. The van der Waals surface area contributed by atoms with Crippen molar-refractivity contribution < 1.29 is 32.6 Å². The van der Waals surface area contributed by atoms with E-state index in [4.69, 9.17) is 4.74 Å². The highest BCUT2D eigenvalue weighted by molar-refractivity contribution is 6.02. The van der Waals surface area contributed by atoms with Crippen molar-refractivity contribution in [3.05, 3.63) is 62.8 Å². The third-order valence-corrected chi connectivity index (χ3v) is 4.67. The fourth-order valence-corrected chi connectivity index (χ4v) is 3.18. The van der Waals surface area contributed by atoms with E-state index < -0.39 is 35.5 Å². The summed E-state index contributed by atoms with van der Waals surface area (Å²) in [4.78, 5) is 51.1. The minimum Gasteiger partial charge on any atom is -0.493 e. The van der Waals surface area contributed by atoms with Crippen LogP contribution in [0.25, 0.3) is 10.9 Å². The van der Waals surface area contributed by atoms with Crippen molar-refractivity contribution in [1.29, 1.82) is 0 Å². The van der Waals surface area contributed by atoms with E-state index in [0.717, 1.165) is 19.2 Å². The Morgan fingerprint density at radius 1 is 1.12 bits per heavy atom. The number of hydrogen-bond acceptors (Lipinski definition) is 7. The Morgan fingerprint density at radius 2 is 1.85 bits per heavy atom. The predicted molar refractivity (Wildman–Crippen MR) is 113 cm³/mol. The number of methoxy groups -OCH3 is 2. The Kier molecular flexibility index (Phi) is 7.06. The first kappa shape index (κ1) is 23.4. The number of aryl methyl sites for hydroxylation is 1. The number of anilines is 1. The van der Waals surface area contributed by atoms with Crippen molar-refractivity contribution in [2.45, 2.75) is 19.6 Å². The molecule has 12 heteroatoms. The lowest BCUT2D eigenvalue weighted by atomic mass is 10.1. The van der Waals surface area contributed by atoms with Gasteiger partial charge in [-0.1, -0.05) is 12.1 Å². The minimum atomic E-state index is -3.17. The van der Waals surface area contributed by atoms with Crippen LogP contribution in [-0.2, 0) is 16.1 Å². The smallest absolute Gasteiger partial charge is 0.387 e. The van der Waals surface area contributed by atoms with Crippen LogP contribution >= 0.6 is 0 Å². The van der Waals surface area contributed by atoms with Gasteiger partial charge in [-0.3, -0.25) is 19.1 Å². The van der Waals surface area contributed by atoms with Crippen LogP contribution in [0.3, 0.4) is 0 Å². The van der Waals surface area contributed by atoms with Crippen molar-refractivity contribution in [3.8, 4) is 11.5 Å². The summed E-state index contributed by atoms with van der Waals surface area (Å²) in [5.74, 6) is -2.07. The molecular weight excluding hydrogens is 444 g/mol. The maximum absolute atomic E-state index is 12.7. The highest BCUT2D eigenvalue weighted by Gasteiger charge is 2.21. The normalized spacial score (nSPS) is 10.8. The molecule has 0 aliphatic rings. The van der Waals surface area contributed by atoms with Crippen LogP contribution in [0.5, 0.6) is 11.5 Å². The Bertz CT molecular complexity index is 1320. The molecule has 0 saturated carbocycles. The van der Waals surface area contributed by atoms with E-state index in [1.165, 1.54) is 17.7 Å². The van der Waals surface area contributed by atoms with Crippen LogP contribution in [0, 0.1) is 0 Å². The van der Waals surface area contributed by atoms with Gasteiger partial charge in [0.15, 0.2) is 11.5 Å². The number of nitrogens with zero attached hydrogens (tertiary/aromatic N) is 1. The molecule has 10 nitrogen and oxygen atoms in total. The van der Waals surface area contributed by atoms with Crippen LogP contribution in [0.4, 0.5) is 14.5 Å². The lowest BCUT2D eigenvalue weighted by Crippen LogP contribution is -2.31. The van der Waals surface area contributed by atoms with Gasteiger partial charge >= 0.3 is 18.3 Å². The fourth-order valence-electron chi connectivity index (χ4n) is 3.18. The summed E-state index contributed by atoms with van der Waals surface area (Å²) < 4.78 is 40.7. The molecule has 1 aromatic heterocycles. The SMILES string of the molecule is COC(=O)c1cc(OC)c(OC(F)F)cc1NC(=O)CCn1c(=O)[nH]c(=O)c2ccccc21. The molecule has 0 fully saturated rings. The van der Waals surface area contributed by atoms with Gasteiger partial charge in [0.1, 0.15) is 0 Å². The molecule has 3 aromatic rings. The van der Waals surface area contributed by atoms with E-state index >= 15 is 0 Å². The van der Waals surface area contributed by atoms with Gasteiger partial charge in [0.05, 0.1) is 36.4 Å². The van der Waals surface area contributed by atoms with Crippen molar-refractivity contribution in [3.63, 3.8) is 0 Å². The maximum atomic E-state index is 12.7. The Labute approximate surface area is 184 Å². The topological polar surface area (TPSA) is 129 Å². The first-order valence-corrected chi connectivity index (χ1v) is 9.52. The highest BCUT2D eigenvalue weighted by Crippen LogP contribution is 2.35. The zero-order valence-electron chi connectivity index (χ0n) is 17.5. The number of aromatic amines is 1. The number of alkyl halides is 2. The van der Waals surface area contributed by atoms with Crippen molar-refractivity contribution in [2.24, 2.45) is 0 Å². The second-order valence-corrected chi connectivity index (χ2v) is 6.64. The summed E-state index contributed by atoms with van der Waals surface area (Å²) in [6, 6.07) is 8.49. The van der Waals surface area contributed by atoms with E-state index in [9.17, 15) is 28.0 Å². The zero-order chi connectivity index (χ0) is 24.1. The molecule has 0 radical (unpaired) electrons. The average Bonchev–Trinajstić information content (AvgIpc) is 2.78. The quantitative estimate of drug-likeness (QED) is 0.490. The second-order valence-electron chi connectivity index (χ2n) is 6.64. The van der Waals surface area contributed by atoms with Crippen molar-refractivity contribution >= 4 is 28.5 Å². The van der Waals surface area contributed by atoms with Gasteiger partial charge in [-0.2, -0.15) is 8.78 Å². The minimum absolute atomic E-state index is 0.105. The highest BCUT2D eigenvalue weighted by atomic mass is 19.3. The van der Waals surface area contributed by atoms with E-state index in [2.05, 4.69) is 19.8 Å². The molecule has 0 spiro atoms. The van der Waals surface area contributed by atoms with Crippen LogP contribution in [0.2, 0.25) is 0 Å². The lowest BCUT2D eigenvalue weighted by Gasteiger charge is -2.16. The molecular formula is C21H19F2N3O7. The number of fused-ring (bicyclic) bond motifs is 1. The standard InChI is InChI=1S/C21H19F2N3O7/c1-31-15-9-12(19(29)32-2)13(10-16(15)33-20(22)23)24-17(27)7-8-26-14-6-4-3-5-11(14)18(28)25-21(26)30/h3-6,9-10,20H,7-8H2,1-2H3,(H,24,27)(H,25,28,30). The first-order valence-electron chi connectivity index (χ1n) is 9.52. The number of halogens is 2. The van der Waals surface area contributed by atoms with Gasteiger partial charge in [-0.15, -0.1) is 0 Å². The average molecular weight is 463 g/mol. The van der Waals surface area contributed by atoms with Gasteiger partial charge in [-0.25, -0.2) is 9.59 Å². The molecule has 0 unspecified atom stereocenters. The number of benzene rings is 2. The number of carbonyl (C=O) groups excluding carboxylic acids is 2. The van der Waals surface area contributed by atoms with E-state index in [-0.39, 0.29) is 35.4 Å². The number of ether oxygens (including phenoxy) is 3. The number of aromatic nitrogens is 2. The molecule has 0 atom stereocenters. The molecule has 1 amide bonds. The number of H-pyrrole nitrogens is 1. The van der Waals surface area contributed by atoms with Gasteiger partial charge in [0.2, 0.25) is 5.91 Å². The number of para-hydroxylation sites is 1. The molecule has 2 N–H and O–H groups in total. The second kappa shape index (κ2) is 9.94. The Balaban J connectivity index is 1.88. The first-order chi connectivity index (χ1) is 15.7.